The summed E-state index contributed by atoms with van der Waals surface area (Å²) in [6, 6.07) is 8.46. The van der Waals surface area contributed by atoms with Crippen LogP contribution in [0.1, 0.15) is 10.4 Å². The van der Waals surface area contributed by atoms with Gasteiger partial charge in [0.05, 0.1) is 14.2 Å². The number of esters is 2. The third kappa shape index (κ3) is 6.43. The zero-order valence-electron chi connectivity index (χ0n) is 12.8. The summed E-state index contributed by atoms with van der Waals surface area (Å²) in [6.45, 7) is 0. The van der Waals surface area contributed by atoms with E-state index < -0.39 is 17.8 Å². The largest absolute Gasteiger partial charge is 0.466 e. The van der Waals surface area contributed by atoms with Crippen LogP contribution in [0.4, 0.5) is 0 Å². The number of ether oxygens (including phenoxy) is 2. The molecule has 0 saturated carbocycles. The first-order chi connectivity index (χ1) is 11.1. The Hall–Kier alpha value is -3.15. The number of amides is 1. The number of hydrogen-bond donors (Lipinski definition) is 1. The third-order valence-corrected chi connectivity index (χ3v) is 2.61. The molecule has 23 heavy (non-hydrogen) atoms. The second kappa shape index (κ2) is 9.73. The molecule has 0 aliphatic carbocycles. The fraction of sp³-hybridized carbons (Fsp3) is 0.118. The molecule has 6 nitrogen and oxygen atoms in total. The maximum atomic E-state index is 12.0. The van der Waals surface area contributed by atoms with E-state index in [2.05, 4.69) is 14.8 Å². The summed E-state index contributed by atoms with van der Waals surface area (Å²) in [5, 5.41) is 2.48. The van der Waals surface area contributed by atoms with E-state index in [9.17, 15) is 14.4 Å². The molecule has 0 bridgehead atoms. The minimum absolute atomic E-state index is 0.0240. The monoisotopic (exact) mass is 315 g/mol. The summed E-state index contributed by atoms with van der Waals surface area (Å²) in [4.78, 5) is 34.6. The number of nitrogens with one attached hydrogen (secondary N) is 1. The topological polar surface area (TPSA) is 81.7 Å². The van der Waals surface area contributed by atoms with Gasteiger partial charge in [-0.2, -0.15) is 0 Å². The van der Waals surface area contributed by atoms with Crippen molar-refractivity contribution in [2.45, 2.75) is 0 Å². The molecule has 0 fully saturated rings. The summed E-state index contributed by atoms with van der Waals surface area (Å²) in [6.07, 6.45) is 7.01. The lowest BCUT2D eigenvalue weighted by Crippen LogP contribution is -2.28. The number of carbonyl (C=O) groups is 3. The van der Waals surface area contributed by atoms with Crippen molar-refractivity contribution in [3.63, 3.8) is 0 Å². The summed E-state index contributed by atoms with van der Waals surface area (Å²) in [5.41, 5.74) is 0.390. The summed E-state index contributed by atoms with van der Waals surface area (Å²) in [5.74, 6) is -1.61. The Kier molecular flexibility index (Phi) is 7.57. The van der Waals surface area contributed by atoms with E-state index in [1.807, 2.05) is 0 Å². The van der Waals surface area contributed by atoms with E-state index in [1.165, 1.54) is 44.6 Å². The van der Waals surface area contributed by atoms with Gasteiger partial charge in [0.1, 0.15) is 5.70 Å². The van der Waals surface area contributed by atoms with Gasteiger partial charge in [-0.1, -0.05) is 36.4 Å². The number of methoxy groups -OCH3 is 2. The normalized spacial score (nSPS) is 11.5. The van der Waals surface area contributed by atoms with Crippen LogP contribution in [-0.2, 0) is 19.1 Å². The zero-order valence-corrected chi connectivity index (χ0v) is 12.8. The van der Waals surface area contributed by atoms with Crippen molar-refractivity contribution in [1.29, 1.82) is 0 Å². The minimum atomic E-state index is -0.684. The molecule has 6 heteroatoms. The highest BCUT2D eigenvalue weighted by Gasteiger charge is 2.13. The quantitative estimate of drug-likeness (QED) is 0.491. The third-order valence-electron chi connectivity index (χ3n) is 2.61. The van der Waals surface area contributed by atoms with Crippen molar-refractivity contribution < 1.29 is 23.9 Å². The van der Waals surface area contributed by atoms with Crippen LogP contribution in [0.3, 0.4) is 0 Å². The molecule has 1 rings (SSSR count). The van der Waals surface area contributed by atoms with E-state index in [0.29, 0.717) is 5.56 Å². The molecule has 0 aromatic heterocycles. The van der Waals surface area contributed by atoms with Crippen LogP contribution < -0.4 is 5.32 Å². The molecule has 1 amide bonds. The molecule has 0 aliphatic heterocycles. The lowest BCUT2D eigenvalue weighted by atomic mass is 10.2. The van der Waals surface area contributed by atoms with Crippen molar-refractivity contribution in [3.8, 4) is 0 Å². The first-order valence-corrected chi connectivity index (χ1v) is 6.66. The Balaban J connectivity index is 2.80. The number of benzene rings is 1. The Morgan fingerprint density at radius 3 is 2.26 bits per heavy atom. The highest BCUT2D eigenvalue weighted by atomic mass is 16.5. The molecule has 0 spiro atoms. The van der Waals surface area contributed by atoms with Gasteiger partial charge in [0.15, 0.2) is 0 Å². The van der Waals surface area contributed by atoms with Gasteiger partial charge in [0, 0.05) is 11.6 Å². The molecular weight excluding hydrogens is 298 g/mol. The van der Waals surface area contributed by atoms with Gasteiger partial charge in [0.2, 0.25) is 0 Å². The molecular formula is C17H17NO5. The molecule has 0 saturated heterocycles. The fourth-order valence-corrected chi connectivity index (χ4v) is 1.47. The predicted molar refractivity (Wildman–Crippen MR) is 84.3 cm³/mol. The van der Waals surface area contributed by atoms with Crippen LogP contribution in [0.5, 0.6) is 0 Å². The standard InChI is InChI=1S/C17H17NO5/c1-22-15(19)12-8-4-7-11-14(17(21)23-2)18-16(20)13-9-5-3-6-10-13/h3-12H,1-2H3,(H,18,20)/b7-4?,12-8?,14-11-. The van der Waals surface area contributed by atoms with Crippen molar-refractivity contribution in [2.75, 3.05) is 14.2 Å². The van der Waals surface area contributed by atoms with Gasteiger partial charge in [-0.15, -0.1) is 0 Å². The number of hydrogen-bond acceptors (Lipinski definition) is 5. The van der Waals surface area contributed by atoms with Gasteiger partial charge in [-0.05, 0) is 18.2 Å². The average molecular weight is 315 g/mol. The molecule has 1 aromatic rings. The van der Waals surface area contributed by atoms with Crippen LogP contribution >= 0.6 is 0 Å². The lowest BCUT2D eigenvalue weighted by molar-refractivity contribution is -0.136. The van der Waals surface area contributed by atoms with Crippen molar-refractivity contribution >= 4 is 17.8 Å². The van der Waals surface area contributed by atoms with E-state index in [1.54, 1.807) is 30.3 Å². The maximum absolute atomic E-state index is 12.0. The molecule has 0 atom stereocenters. The van der Waals surface area contributed by atoms with E-state index in [-0.39, 0.29) is 5.70 Å². The maximum Gasteiger partial charge on any atom is 0.354 e. The van der Waals surface area contributed by atoms with Gasteiger partial charge >= 0.3 is 11.9 Å². The molecule has 0 radical (unpaired) electrons. The smallest absolute Gasteiger partial charge is 0.354 e. The predicted octanol–water partition coefficient (Wildman–Crippen LogP) is 1.76. The molecule has 1 N–H and O–H groups in total. The molecule has 0 aliphatic rings. The SMILES string of the molecule is COC(=O)C=CC=C/C=C(\NC(=O)c1ccccc1)C(=O)OC. The Labute approximate surface area is 134 Å². The van der Waals surface area contributed by atoms with Crippen LogP contribution in [0.25, 0.3) is 0 Å². The first-order valence-electron chi connectivity index (χ1n) is 6.66. The van der Waals surface area contributed by atoms with Gasteiger partial charge in [-0.25, -0.2) is 9.59 Å². The number of carbonyl (C=O) groups excluding carboxylic acids is 3. The van der Waals surface area contributed by atoms with E-state index in [0.717, 1.165) is 0 Å². The Bertz CT molecular complexity index is 644. The van der Waals surface area contributed by atoms with Crippen molar-refractivity contribution in [1.82, 2.24) is 5.32 Å². The van der Waals surface area contributed by atoms with Gasteiger partial charge in [-0.3, -0.25) is 4.79 Å². The molecule has 0 unspecified atom stereocenters. The Morgan fingerprint density at radius 2 is 1.65 bits per heavy atom. The summed E-state index contributed by atoms with van der Waals surface area (Å²) in [7, 11) is 2.48. The van der Waals surface area contributed by atoms with Crippen molar-refractivity contribution in [3.05, 3.63) is 72.0 Å². The summed E-state index contributed by atoms with van der Waals surface area (Å²) >= 11 is 0. The van der Waals surface area contributed by atoms with Crippen LogP contribution in [0.15, 0.2) is 66.4 Å². The number of allylic oxidation sites excluding steroid dienone is 4. The minimum Gasteiger partial charge on any atom is -0.466 e. The second-order valence-electron chi connectivity index (χ2n) is 4.16. The first kappa shape index (κ1) is 17.9. The molecule has 120 valence electrons. The molecule has 1 aromatic carbocycles. The summed E-state index contributed by atoms with van der Waals surface area (Å²) < 4.78 is 9.04. The van der Waals surface area contributed by atoms with Gasteiger partial charge < -0.3 is 14.8 Å². The highest BCUT2D eigenvalue weighted by molar-refractivity contribution is 6.01. The fourth-order valence-electron chi connectivity index (χ4n) is 1.47. The lowest BCUT2D eigenvalue weighted by Gasteiger charge is -2.07. The molecule has 0 heterocycles. The van der Waals surface area contributed by atoms with Crippen molar-refractivity contribution in [2.24, 2.45) is 0 Å². The Morgan fingerprint density at radius 1 is 0.957 bits per heavy atom. The zero-order chi connectivity index (χ0) is 17.1. The van der Waals surface area contributed by atoms with Gasteiger partial charge in [0.25, 0.3) is 5.91 Å². The highest BCUT2D eigenvalue weighted by Crippen LogP contribution is 2.02. The van der Waals surface area contributed by atoms with Crippen LogP contribution in [0.2, 0.25) is 0 Å². The van der Waals surface area contributed by atoms with Crippen LogP contribution in [-0.4, -0.2) is 32.1 Å². The number of rotatable bonds is 6. The van der Waals surface area contributed by atoms with Crippen LogP contribution in [0, 0.1) is 0 Å². The average Bonchev–Trinajstić information content (AvgIpc) is 2.59. The second-order valence-corrected chi connectivity index (χ2v) is 4.16. The van der Waals surface area contributed by atoms with E-state index in [4.69, 9.17) is 0 Å². The van der Waals surface area contributed by atoms with E-state index >= 15 is 0 Å².